The van der Waals surface area contributed by atoms with Gasteiger partial charge in [0.15, 0.2) is 11.6 Å². The van der Waals surface area contributed by atoms with Crippen molar-refractivity contribution in [2.45, 2.75) is 39.2 Å². The van der Waals surface area contributed by atoms with Crippen molar-refractivity contribution >= 4 is 8.80 Å². The molecule has 0 saturated carbocycles. The molecule has 0 amide bonds. The summed E-state index contributed by atoms with van der Waals surface area (Å²) in [5.41, 5.74) is 0.752. The Kier molecular flexibility index (Phi) is 7.29. The molecule has 0 aromatic heterocycles. The molecule has 0 fully saturated rings. The van der Waals surface area contributed by atoms with E-state index in [1.807, 2.05) is 13.8 Å². The molecule has 0 aliphatic heterocycles. The van der Waals surface area contributed by atoms with Crippen LogP contribution in [0.2, 0.25) is 6.04 Å². The first-order valence-electron chi connectivity index (χ1n) is 6.95. The number of benzene rings is 1. The minimum absolute atomic E-state index is 0.423. The summed E-state index contributed by atoms with van der Waals surface area (Å²) < 4.78 is 36.4. The van der Waals surface area contributed by atoms with Crippen molar-refractivity contribution in [2.75, 3.05) is 13.2 Å². The van der Waals surface area contributed by atoms with Crippen molar-refractivity contribution in [1.82, 2.24) is 0 Å². The van der Waals surface area contributed by atoms with Gasteiger partial charge < -0.3 is 13.6 Å². The fourth-order valence-electron chi connectivity index (χ4n) is 2.01. The van der Waals surface area contributed by atoms with Crippen molar-refractivity contribution in [1.29, 1.82) is 0 Å². The number of rotatable bonds is 9. The van der Waals surface area contributed by atoms with Crippen molar-refractivity contribution in [2.24, 2.45) is 0 Å². The molecule has 1 aromatic rings. The molecule has 3 nitrogen and oxygen atoms in total. The van der Waals surface area contributed by atoms with Crippen LogP contribution in [0.5, 0.6) is 0 Å². The number of hydrogen-bond donors (Lipinski definition) is 1. The Labute approximate surface area is 119 Å². The van der Waals surface area contributed by atoms with Crippen molar-refractivity contribution in [3.63, 3.8) is 0 Å². The summed E-state index contributed by atoms with van der Waals surface area (Å²) in [6, 6.07) is 4.41. The molecule has 6 heteroatoms. The van der Waals surface area contributed by atoms with Gasteiger partial charge in [0.25, 0.3) is 0 Å². The second kappa shape index (κ2) is 8.46. The highest BCUT2D eigenvalue weighted by Crippen LogP contribution is 2.17. The lowest BCUT2D eigenvalue weighted by atomic mass is 10.1. The van der Waals surface area contributed by atoms with Gasteiger partial charge in [-0.05, 0) is 50.8 Å². The smallest absolute Gasteiger partial charge is 0.390 e. The van der Waals surface area contributed by atoms with E-state index in [0.717, 1.165) is 24.5 Å². The number of halogens is 2. The molecule has 0 heterocycles. The topological polar surface area (TPSA) is 38.7 Å². The van der Waals surface area contributed by atoms with E-state index in [1.54, 1.807) is 6.07 Å². The van der Waals surface area contributed by atoms with E-state index in [-0.39, 0.29) is 0 Å². The summed E-state index contributed by atoms with van der Waals surface area (Å²) in [5, 5.41) is 0. The first-order valence-corrected chi connectivity index (χ1v) is 8.92. The molecule has 1 rings (SSSR count). The van der Waals surface area contributed by atoms with E-state index < -0.39 is 20.4 Å². The molecule has 0 bridgehead atoms. The Bertz CT molecular complexity index is 409. The molecular weight excluding hydrogens is 282 g/mol. The van der Waals surface area contributed by atoms with E-state index in [2.05, 4.69) is 0 Å². The predicted molar refractivity (Wildman–Crippen MR) is 75.3 cm³/mol. The maximum atomic E-state index is 13.0. The lowest BCUT2D eigenvalue weighted by molar-refractivity contribution is 0.107. The minimum atomic E-state index is -3.04. The monoisotopic (exact) mass is 304 g/mol. The molecule has 0 aliphatic rings. The van der Waals surface area contributed by atoms with Gasteiger partial charge in [0.05, 0.1) is 0 Å². The van der Waals surface area contributed by atoms with Gasteiger partial charge >= 0.3 is 8.80 Å². The van der Waals surface area contributed by atoms with Crippen LogP contribution in [0.15, 0.2) is 18.2 Å². The lowest BCUT2D eigenvalue weighted by Gasteiger charge is -2.22. The number of unbranched alkanes of at least 4 members (excludes halogenated alkanes) is 1. The fraction of sp³-hybridized carbons (Fsp3) is 0.571. The number of aryl methyl sites for hydroxylation is 1. The summed E-state index contributed by atoms with van der Waals surface area (Å²) in [5.74, 6) is -1.65. The zero-order chi connectivity index (χ0) is 15.0. The van der Waals surface area contributed by atoms with Crippen molar-refractivity contribution in [3.05, 3.63) is 35.4 Å². The molecule has 0 radical (unpaired) electrons. The van der Waals surface area contributed by atoms with Crippen LogP contribution in [0.3, 0.4) is 0 Å². The molecular formula is C14H22F2O3Si. The standard InChI is InChI=1S/C14H22F2O3Si/c1-3-18-20(17,19-4-2)10-6-5-7-12-8-9-13(15)14(16)11-12/h8-9,11,17H,3-7,10H2,1-2H3. The Morgan fingerprint density at radius 3 is 2.25 bits per heavy atom. The Balaban J connectivity index is 2.37. The van der Waals surface area contributed by atoms with E-state index in [1.165, 1.54) is 6.07 Å². The van der Waals surface area contributed by atoms with Crippen molar-refractivity contribution < 1.29 is 22.4 Å². The second-order valence-corrected chi connectivity index (χ2v) is 7.04. The van der Waals surface area contributed by atoms with E-state index in [4.69, 9.17) is 8.85 Å². The third kappa shape index (κ3) is 5.66. The largest absolute Gasteiger partial charge is 0.498 e. The summed E-state index contributed by atoms with van der Waals surface area (Å²) in [6.07, 6.45) is 2.13. The molecule has 114 valence electrons. The van der Waals surface area contributed by atoms with E-state index in [9.17, 15) is 13.6 Å². The van der Waals surface area contributed by atoms with Crippen LogP contribution in [-0.4, -0.2) is 26.8 Å². The minimum Gasteiger partial charge on any atom is -0.390 e. The predicted octanol–water partition coefficient (Wildman–Crippen LogP) is 3.29. The highest BCUT2D eigenvalue weighted by molar-refractivity contribution is 6.59. The van der Waals surface area contributed by atoms with Gasteiger partial charge in [-0.2, -0.15) is 0 Å². The molecule has 0 saturated heterocycles. The van der Waals surface area contributed by atoms with Gasteiger partial charge in [-0.3, -0.25) is 0 Å². The maximum absolute atomic E-state index is 13.0. The highest BCUT2D eigenvalue weighted by atomic mass is 28.4. The maximum Gasteiger partial charge on any atom is 0.498 e. The Morgan fingerprint density at radius 1 is 1.05 bits per heavy atom. The zero-order valence-corrected chi connectivity index (χ0v) is 13.0. The Morgan fingerprint density at radius 2 is 1.70 bits per heavy atom. The van der Waals surface area contributed by atoms with Crippen LogP contribution in [0, 0.1) is 11.6 Å². The van der Waals surface area contributed by atoms with Gasteiger partial charge in [0.2, 0.25) is 0 Å². The molecule has 1 aromatic carbocycles. The van der Waals surface area contributed by atoms with Gasteiger partial charge in [-0.1, -0.05) is 6.07 Å². The first kappa shape index (κ1) is 17.2. The van der Waals surface area contributed by atoms with Crippen LogP contribution in [0.1, 0.15) is 32.3 Å². The SMILES string of the molecule is CCO[Si](O)(CCCCc1ccc(F)c(F)c1)OCC. The normalized spacial score (nSPS) is 11.8. The second-order valence-electron chi connectivity index (χ2n) is 4.53. The highest BCUT2D eigenvalue weighted by Gasteiger charge is 2.35. The quantitative estimate of drug-likeness (QED) is 0.562. The molecule has 20 heavy (non-hydrogen) atoms. The van der Waals surface area contributed by atoms with Crippen LogP contribution < -0.4 is 0 Å². The van der Waals surface area contributed by atoms with Crippen LogP contribution in [0.4, 0.5) is 8.78 Å². The first-order chi connectivity index (χ1) is 9.50. The van der Waals surface area contributed by atoms with Crippen LogP contribution >= 0.6 is 0 Å². The van der Waals surface area contributed by atoms with Gasteiger partial charge in [-0.25, -0.2) is 8.78 Å². The zero-order valence-electron chi connectivity index (χ0n) is 12.0. The van der Waals surface area contributed by atoms with Gasteiger partial charge in [0, 0.05) is 19.3 Å². The molecule has 0 atom stereocenters. The molecule has 1 N–H and O–H groups in total. The summed E-state index contributed by atoms with van der Waals surface area (Å²) >= 11 is 0. The average molecular weight is 304 g/mol. The third-order valence-corrected chi connectivity index (χ3v) is 5.40. The van der Waals surface area contributed by atoms with Crippen LogP contribution in [0.25, 0.3) is 0 Å². The van der Waals surface area contributed by atoms with E-state index >= 15 is 0 Å². The van der Waals surface area contributed by atoms with Gasteiger partial charge in [0.1, 0.15) is 0 Å². The molecule has 0 unspecified atom stereocenters. The number of hydrogen-bond acceptors (Lipinski definition) is 3. The molecule has 0 spiro atoms. The summed E-state index contributed by atoms with van der Waals surface area (Å²) in [6.45, 7) is 4.48. The summed E-state index contributed by atoms with van der Waals surface area (Å²) in [7, 11) is -3.04. The van der Waals surface area contributed by atoms with Crippen molar-refractivity contribution in [3.8, 4) is 0 Å². The molecule has 0 aliphatic carbocycles. The van der Waals surface area contributed by atoms with Gasteiger partial charge in [-0.15, -0.1) is 0 Å². The fourth-order valence-corrected chi connectivity index (χ4v) is 3.98. The summed E-state index contributed by atoms with van der Waals surface area (Å²) in [4.78, 5) is 10.2. The van der Waals surface area contributed by atoms with E-state index in [0.29, 0.717) is 25.7 Å². The average Bonchev–Trinajstić information content (AvgIpc) is 2.39. The third-order valence-electron chi connectivity index (χ3n) is 2.93. The Hall–Kier alpha value is -0.823. The van der Waals surface area contributed by atoms with Crippen LogP contribution in [-0.2, 0) is 15.3 Å². The lowest BCUT2D eigenvalue weighted by Crippen LogP contribution is -2.42.